The van der Waals surface area contributed by atoms with E-state index in [9.17, 15) is 9.59 Å². The van der Waals surface area contributed by atoms with E-state index in [2.05, 4.69) is 10.6 Å². The summed E-state index contributed by atoms with van der Waals surface area (Å²) in [5, 5.41) is 5.82. The molecule has 2 atom stereocenters. The van der Waals surface area contributed by atoms with Crippen molar-refractivity contribution in [3.63, 3.8) is 0 Å². The van der Waals surface area contributed by atoms with E-state index in [4.69, 9.17) is 5.73 Å². The zero-order valence-electron chi connectivity index (χ0n) is 12.0. The van der Waals surface area contributed by atoms with Crippen LogP contribution in [-0.4, -0.2) is 23.9 Å². The van der Waals surface area contributed by atoms with Gasteiger partial charge in [-0.3, -0.25) is 9.59 Å². The third kappa shape index (κ3) is 3.08. The monoisotopic (exact) mass is 287 g/mol. The van der Waals surface area contributed by atoms with Gasteiger partial charge in [0, 0.05) is 23.3 Å². The second kappa shape index (κ2) is 5.85. The minimum Gasteiger partial charge on any atom is -0.348 e. The van der Waals surface area contributed by atoms with Crippen LogP contribution < -0.4 is 16.4 Å². The van der Waals surface area contributed by atoms with Gasteiger partial charge in [0.2, 0.25) is 5.91 Å². The molecular weight excluding hydrogens is 266 g/mol. The molecule has 2 unspecified atom stereocenters. The highest BCUT2D eigenvalue weighted by molar-refractivity contribution is 6.02. The molecule has 2 aliphatic rings. The van der Waals surface area contributed by atoms with Gasteiger partial charge in [0.15, 0.2) is 0 Å². The topological polar surface area (TPSA) is 84.2 Å². The van der Waals surface area contributed by atoms with E-state index in [-0.39, 0.29) is 23.9 Å². The Morgan fingerprint density at radius 3 is 2.90 bits per heavy atom. The maximum atomic E-state index is 12.4. The van der Waals surface area contributed by atoms with Crippen molar-refractivity contribution in [1.29, 1.82) is 0 Å². The van der Waals surface area contributed by atoms with Crippen LogP contribution in [0, 0.1) is 0 Å². The molecule has 4 N–H and O–H groups in total. The summed E-state index contributed by atoms with van der Waals surface area (Å²) in [5.74, 6) is -0.130. The Labute approximate surface area is 124 Å². The van der Waals surface area contributed by atoms with Crippen molar-refractivity contribution in [2.24, 2.45) is 5.73 Å². The van der Waals surface area contributed by atoms with Gasteiger partial charge in [0.05, 0.1) is 6.42 Å². The SMILES string of the molecule is NC1CCCCCC1NC(=O)c1ccc2c(c1)NC(=O)C2. The van der Waals surface area contributed by atoms with Gasteiger partial charge in [-0.2, -0.15) is 0 Å². The Hall–Kier alpha value is -1.88. The molecular formula is C16H21N3O2. The van der Waals surface area contributed by atoms with Gasteiger partial charge in [-0.05, 0) is 30.5 Å². The van der Waals surface area contributed by atoms with E-state index >= 15 is 0 Å². The number of rotatable bonds is 2. The maximum Gasteiger partial charge on any atom is 0.251 e. The number of carbonyl (C=O) groups excluding carboxylic acids is 2. The summed E-state index contributed by atoms with van der Waals surface area (Å²) in [6.45, 7) is 0. The highest BCUT2D eigenvalue weighted by atomic mass is 16.2. The van der Waals surface area contributed by atoms with Gasteiger partial charge in [-0.1, -0.05) is 25.3 Å². The van der Waals surface area contributed by atoms with Gasteiger partial charge in [-0.25, -0.2) is 0 Å². The molecule has 0 spiro atoms. The highest BCUT2D eigenvalue weighted by Gasteiger charge is 2.24. The lowest BCUT2D eigenvalue weighted by molar-refractivity contribution is -0.115. The molecule has 2 amide bonds. The molecule has 1 saturated carbocycles. The third-order valence-corrected chi connectivity index (χ3v) is 4.38. The lowest BCUT2D eigenvalue weighted by atomic mass is 10.0. The molecule has 1 aliphatic carbocycles. The van der Waals surface area contributed by atoms with Crippen LogP contribution in [0.4, 0.5) is 5.69 Å². The number of nitrogens with two attached hydrogens (primary N) is 1. The summed E-state index contributed by atoms with van der Waals surface area (Å²) in [6.07, 6.45) is 5.73. The average Bonchev–Trinajstić information content (AvgIpc) is 2.72. The fourth-order valence-corrected chi connectivity index (χ4v) is 3.12. The summed E-state index contributed by atoms with van der Waals surface area (Å²) < 4.78 is 0. The van der Waals surface area contributed by atoms with Crippen molar-refractivity contribution < 1.29 is 9.59 Å². The fraction of sp³-hybridized carbons (Fsp3) is 0.500. The molecule has 112 valence electrons. The molecule has 1 aliphatic heterocycles. The van der Waals surface area contributed by atoms with Gasteiger partial charge in [-0.15, -0.1) is 0 Å². The van der Waals surface area contributed by atoms with Crippen molar-refractivity contribution in [3.05, 3.63) is 29.3 Å². The average molecular weight is 287 g/mol. The van der Waals surface area contributed by atoms with Gasteiger partial charge >= 0.3 is 0 Å². The number of hydrogen-bond acceptors (Lipinski definition) is 3. The smallest absolute Gasteiger partial charge is 0.251 e. The Morgan fingerprint density at radius 2 is 2.05 bits per heavy atom. The zero-order chi connectivity index (χ0) is 14.8. The van der Waals surface area contributed by atoms with Crippen molar-refractivity contribution in [2.75, 3.05) is 5.32 Å². The summed E-state index contributed by atoms with van der Waals surface area (Å²) in [7, 11) is 0. The molecule has 0 bridgehead atoms. The van der Waals surface area contributed by atoms with Crippen molar-refractivity contribution in [3.8, 4) is 0 Å². The molecule has 0 radical (unpaired) electrons. The second-order valence-corrected chi connectivity index (χ2v) is 5.98. The molecule has 5 nitrogen and oxygen atoms in total. The van der Waals surface area contributed by atoms with Crippen LogP contribution in [0.2, 0.25) is 0 Å². The molecule has 1 fully saturated rings. The minimum atomic E-state index is -0.110. The Balaban J connectivity index is 1.71. The molecule has 0 aromatic heterocycles. The van der Waals surface area contributed by atoms with E-state index in [0.29, 0.717) is 12.0 Å². The molecule has 0 saturated heterocycles. The van der Waals surface area contributed by atoms with Crippen LogP contribution in [0.5, 0.6) is 0 Å². The van der Waals surface area contributed by atoms with Crippen LogP contribution in [0.25, 0.3) is 0 Å². The third-order valence-electron chi connectivity index (χ3n) is 4.38. The van der Waals surface area contributed by atoms with Crippen LogP contribution in [-0.2, 0) is 11.2 Å². The lowest BCUT2D eigenvalue weighted by Gasteiger charge is -2.22. The van der Waals surface area contributed by atoms with Gasteiger partial charge < -0.3 is 16.4 Å². The van der Waals surface area contributed by atoms with E-state index in [1.807, 2.05) is 6.07 Å². The van der Waals surface area contributed by atoms with Crippen molar-refractivity contribution in [2.45, 2.75) is 50.6 Å². The lowest BCUT2D eigenvalue weighted by Crippen LogP contribution is -2.46. The number of benzene rings is 1. The first kappa shape index (κ1) is 14.1. The molecule has 5 heteroatoms. The summed E-state index contributed by atoms with van der Waals surface area (Å²) in [5.41, 5.74) is 8.41. The van der Waals surface area contributed by atoms with E-state index < -0.39 is 0 Å². The Kier molecular flexibility index (Phi) is 3.92. The highest BCUT2D eigenvalue weighted by Crippen LogP contribution is 2.24. The molecule has 21 heavy (non-hydrogen) atoms. The minimum absolute atomic E-state index is 0.0200. The van der Waals surface area contributed by atoms with Crippen molar-refractivity contribution >= 4 is 17.5 Å². The predicted molar refractivity (Wildman–Crippen MR) is 81.1 cm³/mol. The first-order valence-corrected chi connectivity index (χ1v) is 7.63. The quantitative estimate of drug-likeness (QED) is 0.722. The largest absolute Gasteiger partial charge is 0.348 e. The molecule has 3 rings (SSSR count). The Morgan fingerprint density at radius 1 is 1.24 bits per heavy atom. The standard InChI is InChI=1S/C16H21N3O2/c17-12-4-2-1-3-5-13(12)19-16(21)11-7-6-10-9-15(20)18-14(10)8-11/h6-8,12-13H,1-5,9,17H2,(H,18,20)(H,19,21). The van der Waals surface area contributed by atoms with Gasteiger partial charge in [0.25, 0.3) is 5.91 Å². The van der Waals surface area contributed by atoms with Crippen LogP contribution >= 0.6 is 0 Å². The first-order chi connectivity index (χ1) is 10.1. The zero-order valence-corrected chi connectivity index (χ0v) is 12.0. The number of amides is 2. The molecule has 1 heterocycles. The van der Waals surface area contributed by atoms with E-state index in [1.165, 1.54) is 6.42 Å². The van der Waals surface area contributed by atoms with Crippen molar-refractivity contribution in [1.82, 2.24) is 5.32 Å². The maximum absolute atomic E-state index is 12.4. The van der Waals surface area contributed by atoms with Crippen LogP contribution in [0.3, 0.4) is 0 Å². The molecule has 1 aromatic rings. The summed E-state index contributed by atoms with van der Waals surface area (Å²) in [4.78, 5) is 23.7. The predicted octanol–water partition coefficient (Wildman–Crippen LogP) is 1.57. The number of carbonyl (C=O) groups is 2. The second-order valence-electron chi connectivity index (χ2n) is 5.98. The Bertz CT molecular complexity index is 571. The fourth-order valence-electron chi connectivity index (χ4n) is 3.12. The van der Waals surface area contributed by atoms with Gasteiger partial charge in [0.1, 0.15) is 0 Å². The van der Waals surface area contributed by atoms with Crippen LogP contribution in [0.1, 0.15) is 48.0 Å². The van der Waals surface area contributed by atoms with E-state index in [1.54, 1.807) is 12.1 Å². The summed E-state index contributed by atoms with van der Waals surface area (Å²) >= 11 is 0. The van der Waals surface area contributed by atoms with Crippen LogP contribution in [0.15, 0.2) is 18.2 Å². The summed E-state index contributed by atoms with van der Waals surface area (Å²) in [6, 6.07) is 5.44. The normalized spacial score (nSPS) is 24.9. The number of anilines is 1. The van der Waals surface area contributed by atoms with E-state index in [0.717, 1.165) is 36.9 Å². The number of nitrogens with one attached hydrogen (secondary N) is 2. The number of fused-ring (bicyclic) bond motifs is 1. The first-order valence-electron chi connectivity index (χ1n) is 7.63. The number of hydrogen-bond donors (Lipinski definition) is 3. The molecule has 1 aromatic carbocycles.